The van der Waals surface area contributed by atoms with Gasteiger partial charge in [0.05, 0.1) is 6.04 Å². The van der Waals surface area contributed by atoms with Gasteiger partial charge in [-0.25, -0.2) is 4.39 Å². The molecule has 0 bridgehead atoms. The number of aryl methyl sites for hydroxylation is 1. The molecule has 0 fully saturated rings. The Hall–Kier alpha value is -1.65. The number of nitrogens with two attached hydrogens (primary N) is 1. The molecule has 3 aromatic rings. The SMILES string of the molecule is Cc1c(C(N)c2ccccc2Br)oc2ccc(F)cc12. The molecule has 0 aliphatic rings. The molecule has 2 aromatic carbocycles. The van der Waals surface area contributed by atoms with Gasteiger partial charge in [0.15, 0.2) is 0 Å². The van der Waals surface area contributed by atoms with Gasteiger partial charge in [0.1, 0.15) is 17.2 Å². The van der Waals surface area contributed by atoms with Crippen molar-refractivity contribution in [1.29, 1.82) is 0 Å². The smallest absolute Gasteiger partial charge is 0.134 e. The minimum Gasteiger partial charge on any atom is -0.459 e. The molecule has 0 amide bonds. The maximum absolute atomic E-state index is 13.3. The second-order valence-electron chi connectivity index (χ2n) is 4.73. The third-order valence-corrected chi connectivity index (χ3v) is 4.18. The summed E-state index contributed by atoms with van der Waals surface area (Å²) in [6, 6.07) is 11.9. The van der Waals surface area contributed by atoms with Crippen molar-refractivity contribution in [2.45, 2.75) is 13.0 Å². The van der Waals surface area contributed by atoms with E-state index in [0.29, 0.717) is 11.3 Å². The fourth-order valence-electron chi connectivity index (χ4n) is 2.38. The van der Waals surface area contributed by atoms with Crippen molar-refractivity contribution < 1.29 is 8.81 Å². The number of halogens is 2. The van der Waals surface area contributed by atoms with E-state index >= 15 is 0 Å². The number of furan rings is 1. The lowest BCUT2D eigenvalue weighted by Gasteiger charge is -2.12. The molecular formula is C16H13BrFNO. The van der Waals surface area contributed by atoms with E-state index in [4.69, 9.17) is 10.2 Å². The summed E-state index contributed by atoms with van der Waals surface area (Å²) in [7, 11) is 0. The highest BCUT2D eigenvalue weighted by Crippen LogP contribution is 2.34. The highest BCUT2D eigenvalue weighted by Gasteiger charge is 2.20. The molecule has 1 atom stereocenters. The van der Waals surface area contributed by atoms with Crippen LogP contribution in [-0.2, 0) is 0 Å². The number of benzene rings is 2. The van der Waals surface area contributed by atoms with Crippen LogP contribution in [0.3, 0.4) is 0 Å². The minimum atomic E-state index is -0.388. The van der Waals surface area contributed by atoms with Crippen LogP contribution in [0.1, 0.15) is 22.9 Å². The fourth-order valence-corrected chi connectivity index (χ4v) is 2.91. The van der Waals surface area contributed by atoms with E-state index < -0.39 is 0 Å². The van der Waals surface area contributed by atoms with Crippen molar-refractivity contribution in [2.24, 2.45) is 5.73 Å². The van der Waals surface area contributed by atoms with Crippen molar-refractivity contribution >= 4 is 26.9 Å². The van der Waals surface area contributed by atoms with Gasteiger partial charge in [-0.1, -0.05) is 34.1 Å². The summed E-state index contributed by atoms with van der Waals surface area (Å²) in [6.07, 6.45) is 0. The van der Waals surface area contributed by atoms with E-state index in [2.05, 4.69) is 15.9 Å². The molecule has 0 saturated heterocycles. The number of fused-ring (bicyclic) bond motifs is 1. The first-order valence-corrected chi connectivity index (χ1v) is 7.06. The lowest BCUT2D eigenvalue weighted by atomic mass is 10.0. The van der Waals surface area contributed by atoms with Gasteiger partial charge in [-0.3, -0.25) is 0 Å². The molecule has 20 heavy (non-hydrogen) atoms. The highest BCUT2D eigenvalue weighted by atomic mass is 79.9. The fraction of sp³-hybridized carbons (Fsp3) is 0.125. The Balaban J connectivity index is 2.15. The normalized spacial score (nSPS) is 12.8. The number of hydrogen-bond donors (Lipinski definition) is 1. The molecule has 0 saturated carbocycles. The Labute approximate surface area is 124 Å². The van der Waals surface area contributed by atoms with Crippen LogP contribution in [0.5, 0.6) is 0 Å². The summed E-state index contributed by atoms with van der Waals surface area (Å²) >= 11 is 3.49. The van der Waals surface area contributed by atoms with Crippen LogP contribution < -0.4 is 5.73 Å². The molecule has 0 aliphatic heterocycles. The summed E-state index contributed by atoms with van der Waals surface area (Å²) in [5.41, 5.74) is 8.77. The Morgan fingerprint density at radius 1 is 1.20 bits per heavy atom. The molecule has 4 heteroatoms. The second-order valence-corrected chi connectivity index (χ2v) is 5.59. The van der Waals surface area contributed by atoms with Crippen LogP contribution >= 0.6 is 15.9 Å². The van der Waals surface area contributed by atoms with E-state index in [1.54, 1.807) is 6.07 Å². The van der Waals surface area contributed by atoms with Crippen LogP contribution in [0.25, 0.3) is 11.0 Å². The summed E-state index contributed by atoms with van der Waals surface area (Å²) in [5.74, 6) is 0.389. The Morgan fingerprint density at radius 3 is 2.70 bits per heavy atom. The third kappa shape index (κ3) is 2.15. The molecule has 1 unspecified atom stereocenters. The maximum Gasteiger partial charge on any atom is 0.134 e. The van der Waals surface area contributed by atoms with Gasteiger partial charge < -0.3 is 10.2 Å². The van der Waals surface area contributed by atoms with Gasteiger partial charge in [-0.2, -0.15) is 0 Å². The molecule has 1 heterocycles. The highest BCUT2D eigenvalue weighted by molar-refractivity contribution is 9.10. The average Bonchev–Trinajstić information content (AvgIpc) is 2.76. The first kappa shape index (κ1) is 13.3. The largest absolute Gasteiger partial charge is 0.459 e. The van der Waals surface area contributed by atoms with Crippen molar-refractivity contribution in [3.05, 3.63) is 69.6 Å². The monoisotopic (exact) mass is 333 g/mol. The molecular weight excluding hydrogens is 321 g/mol. The van der Waals surface area contributed by atoms with Crippen LogP contribution in [-0.4, -0.2) is 0 Å². The zero-order valence-electron chi connectivity index (χ0n) is 10.9. The molecule has 102 valence electrons. The van der Waals surface area contributed by atoms with Gasteiger partial charge in [-0.15, -0.1) is 0 Å². The number of hydrogen-bond acceptors (Lipinski definition) is 2. The molecule has 0 spiro atoms. The predicted octanol–water partition coefficient (Wildman–Crippen LogP) is 4.69. The molecule has 0 radical (unpaired) electrons. The lowest BCUT2D eigenvalue weighted by molar-refractivity contribution is 0.520. The van der Waals surface area contributed by atoms with Crippen molar-refractivity contribution in [3.63, 3.8) is 0 Å². The molecule has 0 aliphatic carbocycles. The van der Waals surface area contributed by atoms with Crippen molar-refractivity contribution in [1.82, 2.24) is 0 Å². The lowest BCUT2D eigenvalue weighted by Crippen LogP contribution is -2.12. The molecule has 2 N–H and O–H groups in total. The van der Waals surface area contributed by atoms with E-state index in [9.17, 15) is 4.39 Å². The third-order valence-electron chi connectivity index (χ3n) is 3.46. The molecule has 1 aromatic heterocycles. The van der Waals surface area contributed by atoms with Crippen LogP contribution in [0.4, 0.5) is 4.39 Å². The Bertz CT molecular complexity index is 781. The predicted molar refractivity (Wildman–Crippen MR) is 81.1 cm³/mol. The summed E-state index contributed by atoms with van der Waals surface area (Å²) in [4.78, 5) is 0. The van der Waals surface area contributed by atoms with Gasteiger partial charge in [0.25, 0.3) is 0 Å². The summed E-state index contributed by atoms with van der Waals surface area (Å²) in [5, 5.41) is 0.766. The minimum absolute atomic E-state index is 0.276. The quantitative estimate of drug-likeness (QED) is 0.738. The maximum atomic E-state index is 13.3. The summed E-state index contributed by atoms with van der Waals surface area (Å²) < 4.78 is 20.1. The van der Waals surface area contributed by atoms with Gasteiger partial charge in [0, 0.05) is 15.4 Å². The average molecular weight is 334 g/mol. The molecule has 2 nitrogen and oxygen atoms in total. The van der Waals surface area contributed by atoms with Crippen molar-refractivity contribution in [3.8, 4) is 0 Å². The summed E-state index contributed by atoms with van der Waals surface area (Å²) in [6.45, 7) is 1.90. The Morgan fingerprint density at radius 2 is 1.95 bits per heavy atom. The van der Waals surface area contributed by atoms with Crippen LogP contribution in [0.2, 0.25) is 0 Å². The zero-order valence-corrected chi connectivity index (χ0v) is 12.4. The molecule has 3 rings (SSSR count). The zero-order chi connectivity index (χ0) is 14.3. The standard InChI is InChI=1S/C16H13BrFNO/c1-9-12-8-10(18)6-7-14(12)20-16(9)15(19)11-4-2-3-5-13(11)17/h2-8,15H,19H2,1H3. The van der Waals surface area contributed by atoms with Gasteiger partial charge >= 0.3 is 0 Å². The topological polar surface area (TPSA) is 39.2 Å². The van der Waals surface area contributed by atoms with Gasteiger partial charge in [-0.05, 0) is 36.8 Å². The van der Waals surface area contributed by atoms with Crippen LogP contribution in [0.15, 0.2) is 51.4 Å². The van der Waals surface area contributed by atoms with Crippen molar-refractivity contribution in [2.75, 3.05) is 0 Å². The number of rotatable bonds is 2. The van der Waals surface area contributed by atoms with E-state index in [1.165, 1.54) is 12.1 Å². The Kier molecular flexibility index (Phi) is 3.36. The van der Waals surface area contributed by atoms with Crippen LogP contribution in [0, 0.1) is 12.7 Å². The first-order chi connectivity index (χ1) is 9.58. The van der Waals surface area contributed by atoms with E-state index in [-0.39, 0.29) is 11.9 Å². The second kappa shape index (κ2) is 5.04. The first-order valence-electron chi connectivity index (χ1n) is 6.26. The van der Waals surface area contributed by atoms with E-state index in [0.717, 1.165) is 21.0 Å². The van der Waals surface area contributed by atoms with E-state index in [1.807, 2.05) is 31.2 Å². The van der Waals surface area contributed by atoms with Gasteiger partial charge in [0.2, 0.25) is 0 Å².